The van der Waals surface area contributed by atoms with E-state index in [9.17, 15) is 53.4 Å². The number of esters is 4. The van der Waals surface area contributed by atoms with Gasteiger partial charge in [0.15, 0.2) is 23.0 Å². The Labute approximate surface area is 761 Å². The highest BCUT2D eigenvalue weighted by Crippen LogP contribution is 2.37. The monoisotopic (exact) mass is 1770 g/mol. The van der Waals surface area contributed by atoms with Gasteiger partial charge in [-0.05, 0) is 184 Å². The fourth-order valence-electron chi connectivity index (χ4n) is 13.0. The summed E-state index contributed by atoms with van der Waals surface area (Å²) < 4.78 is 87.6. The van der Waals surface area contributed by atoms with Gasteiger partial charge in [-0.1, -0.05) is 236 Å². The van der Waals surface area contributed by atoms with Gasteiger partial charge in [-0.25, -0.2) is 9.59 Å². The highest BCUT2D eigenvalue weighted by atomic mass is 19.4. The van der Waals surface area contributed by atoms with E-state index in [-0.39, 0.29) is 65.8 Å². The Bertz CT molecular complexity index is 5840. The second kappa shape index (κ2) is 46.1. The average Bonchev–Trinajstić information content (AvgIpc) is 1.76. The number of benzene rings is 6. The van der Waals surface area contributed by atoms with Crippen LogP contribution in [-0.4, -0.2) is 96.3 Å². The summed E-state index contributed by atoms with van der Waals surface area (Å²) >= 11 is 0. The maximum absolute atomic E-state index is 12.4. The van der Waals surface area contributed by atoms with Crippen LogP contribution in [0.25, 0.3) is 45.3 Å². The molecule has 6 aromatic carbocycles. The number of carbonyl (C=O) groups is 4. The SMILES string of the molecule is CCn1nc(C)cc1/C(OCOC(=O)C(C)(C)CC)=C(\C#N)c1ccc(C(C)(C)C)cc1.CCn1nc(C)cc1/C(OCOC(=O)C(F)(F)F)=C(\C#N)c1ccc(C(C)(C)C)cc1.CCn1nc(C)cc1/C(OCOC(=O)Cc1ccccc1)=C(\C#N)c1ccc(C(C)(C)C)cc1.CCn1nc(C)cc1/C(OCOC(=O)c1ccccc1)=C(\C#N)c1ccc(C(C)(C)C)cc1. The van der Waals surface area contributed by atoms with Crippen LogP contribution in [0.1, 0.15) is 244 Å². The zero-order valence-electron chi connectivity index (χ0n) is 78.8. The first-order valence-electron chi connectivity index (χ1n) is 42.8. The van der Waals surface area contributed by atoms with Gasteiger partial charge in [0.2, 0.25) is 27.2 Å². The first-order chi connectivity index (χ1) is 61.3. The Kier molecular flexibility index (Phi) is 36.5. The molecule has 10 aromatic rings. The van der Waals surface area contributed by atoms with Gasteiger partial charge in [-0.2, -0.15) is 54.6 Å². The number of hydrogen-bond acceptors (Lipinski definition) is 20. The van der Waals surface area contributed by atoms with Crippen molar-refractivity contribution >= 4 is 69.2 Å². The summed E-state index contributed by atoms with van der Waals surface area (Å²) in [5.41, 5.74) is 14.4. The van der Waals surface area contributed by atoms with E-state index in [0.717, 1.165) is 50.5 Å². The minimum Gasteiger partial charge on any atom is -0.454 e. The molecule has 0 atom stereocenters. The van der Waals surface area contributed by atoms with Gasteiger partial charge in [-0.15, -0.1) is 0 Å². The largest absolute Gasteiger partial charge is 0.491 e. The van der Waals surface area contributed by atoms with Gasteiger partial charge >= 0.3 is 30.1 Å². The van der Waals surface area contributed by atoms with Crippen LogP contribution in [0.4, 0.5) is 13.2 Å². The second-order valence-corrected chi connectivity index (χ2v) is 35.1. The smallest absolute Gasteiger partial charge is 0.454 e. The van der Waals surface area contributed by atoms with Crippen molar-refractivity contribution in [2.45, 2.75) is 226 Å². The molecule has 24 nitrogen and oxygen atoms in total. The van der Waals surface area contributed by atoms with Crippen LogP contribution < -0.4 is 0 Å². The Morgan fingerprint density at radius 3 is 0.831 bits per heavy atom. The fraction of sp³-hybridized carbons (Fsp3) is 0.379. The minimum absolute atomic E-state index is 0.000716. The minimum atomic E-state index is -5.14. The lowest BCUT2D eigenvalue weighted by Gasteiger charge is -2.21. The summed E-state index contributed by atoms with van der Waals surface area (Å²) in [6, 6.07) is 65.1. The van der Waals surface area contributed by atoms with Crippen LogP contribution >= 0.6 is 0 Å². The van der Waals surface area contributed by atoms with Gasteiger partial charge in [-0.3, -0.25) is 28.3 Å². The van der Waals surface area contributed by atoms with Crippen molar-refractivity contribution in [3.05, 3.63) is 283 Å². The van der Waals surface area contributed by atoms with E-state index < -0.39 is 36.3 Å². The van der Waals surface area contributed by atoms with E-state index in [1.54, 1.807) is 68.1 Å². The molecule has 0 spiro atoms. The number of allylic oxidation sites excluding steroid dienone is 4. The summed E-state index contributed by atoms with van der Waals surface area (Å²) in [6.07, 6.45) is -4.34. The van der Waals surface area contributed by atoms with Crippen molar-refractivity contribution in [1.29, 1.82) is 21.0 Å². The van der Waals surface area contributed by atoms with Crippen LogP contribution in [0, 0.1) is 78.4 Å². The third kappa shape index (κ3) is 28.7. The molecule has 0 aliphatic heterocycles. The van der Waals surface area contributed by atoms with Crippen LogP contribution in [0.15, 0.2) is 182 Å². The summed E-state index contributed by atoms with van der Waals surface area (Å²) in [7, 11) is 0. The molecular formula is C103H119F3N12O12. The third-order valence-corrected chi connectivity index (χ3v) is 20.7. The fourth-order valence-corrected chi connectivity index (χ4v) is 13.0. The van der Waals surface area contributed by atoms with Crippen LogP contribution in [0.3, 0.4) is 0 Å². The summed E-state index contributed by atoms with van der Waals surface area (Å²) in [4.78, 5) is 48.0. The quantitative estimate of drug-likeness (QED) is 0.0138. The number of aromatic nitrogens is 8. The molecule has 0 N–H and O–H groups in total. The highest BCUT2D eigenvalue weighted by Gasteiger charge is 2.41. The molecule has 0 saturated carbocycles. The van der Waals surface area contributed by atoms with Crippen molar-refractivity contribution in [2.75, 3.05) is 27.2 Å². The molecule has 0 aliphatic carbocycles. The highest BCUT2D eigenvalue weighted by molar-refractivity contribution is 5.97. The summed E-state index contributed by atoms with van der Waals surface area (Å²) in [5, 5.41) is 57.8. The zero-order valence-corrected chi connectivity index (χ0v) is 78.8. The molecule has 0 fully saturated rings. The number of ether oxygens (including phenoxy) is 8. The number of carbonyl (C=O) groups excluding carboxylic acids is 4. The molecule has 0 radical (unpaired) electrons. The Hall–Kier alpha value is -14.1. The molecule has 0 unspecified atom stereocenters. The topological polar surface area (TPSA) is 309 Å². The number of halogens is 3. The van der Waals surface area contributed by atoms with Gasteiger partial charge in [0.1, 0.15) is 69.3 Å². The Morgan fingerprint density at radius 2 is 0.585 bits per heavy atom. The molecule has 0 saturated heterocycles. The standard InChI is InChI=1S/C28H31N3O3.C27H29N3O3.C26H35N3O3.C22H24F3N3O3/c1-6-31-25(16-20(2)30-31)27(34-19-33-26(32)17-21-10-8-7-9-11-21)24(18-29)22-12-14-23(15-13-22)28(3,4)5;1-6-30-24(16-19(2)29-30)25(32-18-33-26(31)21-10-8-7-9-11-21)23(17-28)20-12-14-22(15-13-20)27(3,4)5;1-9-26(7,8)24(30)32-17-31-23(22-15-18(3)28-29(22)10-2)21(16-27)19-11-13-20(14-12-19)25(4,5)6;1-6-28-18(11-14(2)27-28)19(30-13-31-20(29)22(23,24)25)17(12-26)15-7-9-16(10-8-15)21(3,4)5/h7-16H,6,17,19H2,1-5H3;7-16H,6,18H2,1-5H3;11-15H,9-10,17H2,1-8H3;7-11H,6,13H2,1-5H3/b27-24-;25-23-;23-21-;19-17-. The molecule has 0 amide bonds. The van der Waals surface area contributed by atoms with Crippen molar-refractivity contribution in [3.63, 3.8) is 0 Å². The maximum atomic E-state index is 12.4. The maximum Gasteiger partial charge on any atom is 0.491 e. The van der Waals surface area contributed by atoms with Crippen molar-refractivity contribution < 1.29 is 70.2 Å². The van der Waals surface area contributed by atoms with Crippen molar-refractivity contribution in [3.8, 4) is 24.3 Å². The lowest BCUT2D eigenvalue weighted by atomic mass is 9.86. The number of nitriles is 4. The van der Waals surface area contributed by atoms with Gasteiger partial charge in [0.05, 0.1) is 40.2 Å². The van der Waals surface area contributed by atoms with Gasteiger partial charge in [0, 0.05) is 26.2 Å². The van der Waals surface area contributed by atoms with E-state index in [1.807, 2.05) is 209 Å². The molecule has 130 heavy (non-hydrogen) atoms. The van der Waals surface area contributed by atoms with Crippen LogP contribution in [0.2, 0.25) is 0 Å². The lowest BCUT2D eigenvalue weighted by molar-refractivity contribution is -0.206. The van der Waals surface area contributed by atoms with Crippen molar-refractivity contribution in [1.82, 2.24) is 39.1 Å². The molecule has 4 heterocycles. The van der Waals surface area contributed by atoms with Gasteiger partial charge < -0.3 is 37.9 Å². The van der Waals surface area contributed by atoms with E-state index in [2.05, 4.69) is 132 Å². The average molecular weight is 1770 g/mol. The first-order valence-corrected chi connectivity index (χ1v) is 42.8. The predicted octanol–water partition coefficient (Wildman–Crippen LogP) is 22.2. The number of alkyl halides is 3. The molecule has 0 bridgehead atoms. The number of rotatable bonds is 29. The number of aryl methyl sites for hydroxylation is 8. The zero-order chi connectivity index (χ0) is 96.2. The van der Waals surface area contributed by atoms with Crippen LogP contribution in [0.5, 0.6) is 0 Å². The second-order valence-electron chi connectivity index (χ2n) is 35.1. The normalized spacial score (nSPS) is 12.4. The predicted molar refractivity (Wildman–Crippen MR) is 495 cm³/mol. The third-order valence-electron chi connectivity index (χ3n) is 20.7. The molecular weight excluding hydrogens is 1650 g/mol. The van der Waals surface area contributed by atoms with E-state index in [4.69, 9.17) is 33.2 Å². The van der Waals surface area contributed by atoms with Gasteiger partial charge in [0.25, 0.3) is 0 Å². The molecule has 4 aromatic heterocycles. The summed E-state index contributed by atoms with van der Waals surface area (Å²) in [6.45, 7) is 46.5. The molecule has 0 aliphatic rings. The molecule has 684 valence electrons. The number of hydrogen-bond donors (Lipinski definition) is 0. The number of nitrogens with zero attached hydrogens (tertiary/aromatic N) is 12. The van der Waals surface area contributed by atoms with E-state index >= 15 is 0 Å². The molecule has 10 rings (SSSR count). The van der Waals surface area contributed by atoms with Crippen LogP contribution in [-0.2, 0) is 107 Å². The van der Waals surface area contributed by atoms with E-state index in [1.165, 1.54) is 11.1 Å². The Balaban J connectivity index is 0.000000237. The molecule has 27 heteroatoms. The van der Waals surface area contributed by atoms with Crippen molar-refractivity contribution in [2.24, 2.45) is 5.41 Å². The van der Waals surface area contributed by atoms with E-state index in [0.29, 0.717) is 106 Å². The summed E-state index contributed by atoms with van der Waals surface area (Å²) in [5.74, 6) is -2.64. The first kappa shape index (κ1) is 103. The lowest BCUT2D eigenvalue weighted by Crippen LogP contribution is -2.26. The Morgan fingerprint density at radius 1 is 0.331 bits per heavy atom.